The van der Waals surface area contributed by atoms with Crippen LogP contribution in [0.15, 0.2) is 11.1 Å². The molecule has 1 aliphatic rings. The second-order valence-electron chi connectivity index (χ2n) is 4.11. The number of carbonyl (C=O) groups excluding carboxylic acids is 1. The van der Waals surface area contributed by atoms with Crippen LogP contribution >= 0.6 is 0 Å². The van der Waals surface area contributed by atoms with Gasteiger partial charge in [-0.1, -0.05) is 25.3 Å². The number of hydrogen-bond donors (Lipinski definition) is 0. The monoisotopic (exact) mass is 196 g/mol. The van der Waals surface area contributed by atoms with E-state index in [2.05, 4.69) is 6.92 Å². The van der Waals surface area contributed by atoms with Gasteiger partial charge in [-0.05, 0) is 26.7 Å². The Morgan fingerprint density at radius 3 is 2.79 bits per heavy atom. The molecule has 14 heavy (non-hydrogen) atoms. The summed E-state index contributed by atoms with van der Waals surface area (Å²) < 4.78 is 5.14. The summed E-state index contributed by atoms with van der Waals surface area (Å²) in [6.45, 7) is 6.04. The largest absolute Gasteiger partial charge is 0.459 e. The van der Waals surface area contributed by atoms with Crippen molar-refractivity contribution in [1.29, 1.82) is 0 Å². The zero-order valence-electron chi connectivity index (χ0n) is 9.43. The summed E-state index contributed by atoms with van der Waals surface area (Å²) in [4.78, 5) is 11.4. The quantitative estimate of drug-likeness (QED) is 0.509. The normalized spacial score (nSPS) is 22.5. The number of cyclic esters (lactones) is 1. The van der Waals surface area contributed by atoms with Gasteiger partial charge in [-0.25, -0.2) is 4.79 Å². The SMILES string of the molecule is CCCCCC1=C(C)C(=O)OC(C)C1. The molecule has 1 aliphatic heterocycles. The van der Waals surface area contributed by atoms with Gasteiger partial charge in [0.15, 0.2) is 0 Å². The Bertz CT molecular complexity index is 241. The van der Waals surface area contributed by atoms with Crippen molar-refractivity contribution in [3.8, 4) is 0 Å². The van der Waals surface area contributed by atoms with E-state index < -0.39 is 0 Å². The summed E-state index contributed by atoms with van der Waals surface area (Å²) in [7, 11) is 0. The lowest BCUT2D eigenvalue weighted by Gasteiger charge is -2.23. The molecular formula is C12H20O2. The molecule has 0 aromatic rings. The number of hydrogen-bond acceptors (Lipinski definition) is 2. The van der Waals surface area contributed by atoms with Gasteiger partial charge in [0, 0.05) is 12.0 Å². The fourth-order valence-electron chi connectivity index (χ4n) is 1.84. The van der Waals surface area contributed by atoms with Gasteiger partial charge in [0.1, 0.15) is 6.10 Å². The molecule has 0 amide bonds. The van der Waals surface area contributed by atoms with E-state index in [1.54, 1.807) is 0 Å². The number of carbonyl (C=O) groups is 1. The number of esters is 1. The predicted octanol–water partition coefficient (Wildman–Crippen LogP) is 3.22. The Morgan fingerprint density at radius 1 is 1.43 bits per heavy atom. The summed E-state index contributed by atoms with van der Waals surface area (Å²) in [5, 5.41) is 0. The lowest BCUT2D eigenvalue weighted by Crippen LogP contribution is -2.23. The van der Waals surface area contributed by atoms with Crippen LogP contribution in [0.3, 0.4) is 0 Å². The summed E-state index contributed by atoms with van der Waals surface area (Å²) >= 11 is 0. The Morgan fingerprint density at radius 2 is 2.14 bits per heavy atom. The third kappa shape index (κ3) is 2.86. The molecule has 1 unspecified atom stereocenters. The van der Waals surface area contributed by atoms with Crippen molar-refractivity contribution in [2.75, 3.05) is 0 Å². The van der Waals surface area contributed by atoms with Crippen LogP contribution in [0.4, 0.5) is 0 Å². The Hall–Kier alpha value is -0.790. The molecular weight excluding hydrogens is 176 g/mol. The van der Waals surface area contributed by atoms with Crippen LogP contribution in [0.5, 0.6) is 0 Å². The molecule has 0 fully saturated rings. The molecule has 0 aliphatic carbocycles. The van der Waals surface area contributed by atoms with E-state index in [-0.39, 0.29) is 12.1 Å². The van der Waals surface area contributed by atoms with E-state index in [9.17, 15) is 4.79 Å². The average molecular weight is 196 g/mol. The molecule has 0 N–H and O–H groups in total. The summed E-state index contributed by atoms with van der Waals surface area (Å²) in [5.41, 5.74) is 2.15. The number of rotatable bonds is 4. The van der Waals surface area contributed by atoms with E-state index in [0.29, 0.717) is 0 Å². The van der Waals surface area contributed by atoms with E-state index in [4.69, 9.17) is 4.74 Å². The van der Waals surface area contributed by atoms with Gasteiger partial charge in [-0.2, -0.15) is 0 Å². The minimum Gasteiger partial charge on any atom is -0.459 e. The highest BCUT2D eigenvalue weighted by Crippen LogP contribution is 2.25. The maximum absolute atomic E-state index is 11.4. The topological polar surface area (TPSA) is 26.3 Å². The first-order valence-corrected chi connectivity index (χ1v) is 5.54. The second kappa shape index (κ2) is 5.18. The minimum absolute atomic E-state index is 0.0721. The highest BCUT2D eigenvalue weighted by Gasteiger charge is 2.22. The lowest BCUT2D eigenvalue weighted by atomic mass is 9.95. The van der Waals surface area contributed by atoms with Crippen molar-refractivity contribution >= 4 is 5.97 Å². The third-order valence-electron chi connectivity index (χ3n) is 2.76. The van der Waals surface area contributed by atoms with Crippen LogP contribution in [0.25, 0.3) is 0 Å². The molecule has 0 radical (unpaired) electrons. The molecule has 0 saturated heterocycles. The first-order chi connectivity index (χ1) is 6.65. The third-order valence-corrected chi connectivity index (χ3v) is 2.76. The molecule has 0 aromatic carbocycles. The van der Waals surface area contributed by atoms with E-state index in [1.165, 1.54) is 24.8 Å². The molecule has 0 aromatic heterocycles. The van der Waals surface area contributed by atoms with Crippen molar-refractivity contribution < 1.29 is 9.53 Å². The van der Waals surface area contributed by atoms with Crippen molar-refractivity contribution in [2.45, 2.75) is 59.0 Å². The average Bonchev–Trinajstić information content (AvgIpc) is 2.13. The molecule has 0 bridgehead atoms. The molecule has 2 heteroatoms. The zero-order valence-corrected chi connectivity index (χ0v) is 9.43. The molecule has 0 saturated carbocycles. The van der Waals surface area contributed by atoms with Crippen molar-refractivity contribution in [3.63, 3.8) is 0 Å². The maximum atomic E-state index is 11.4. The fraction of sp³-hybridized carbons (Fsp3) is 0.750. The second-order valence-corrected chi connectivity index (χ2v) is 4.11. The van der Waals surface area contributed by atoms with Crippen molar-refractivity contribution in [2.24, 2.45) is 0 Å². The van der Waals surface area contributed by atoms with Crippen LogP contribution in [-0.4, -0.2) is 12.1 Å². The molecule has 2 nitrogen and oxygen atoms in total. The predicted molar refractivity (Wildman–Crippen MR) is 57.0 cm³/mol. The lowest BCUT2D eigenvalue weighted by molar-refractivity contribution is -0.144. The summed E-state index contributed by atoms with van der Waals surface area (Å²) in [6.07, 6.45) is 5.75. The van der Waals surface area contributed by atoms with Gasteiger partial charge < -0.3 is 4.74 Å². The van der Waals surface area contributed by atoms with Crippen LogP contribution in [0.1, 0.15) is 52.9 Å². The number of unbranched alkanes of at least 4 members (excludes halogenated alkanes) is 2. The molecule has 1 heterocycles. The fourth-order valence-corrected chi connectivity index (χ4v) is 1.84. The van der Waals surface area contributed by atoms with Gasteiger partial charge in [0.25, 0.3) is 0 Å². The van der Waals surface area contributed by atoms with Crippen molar-refractivity contribution in [1.82, 2.24) is 0 Å². The Kier molecular flexibility index (Phi) is 4.18. The zero-order chi connectivity index (χ0) is 10.6. The van der Waals surface area contributed by atoms with Gasteiger partial charge >= 0.3 is 5.97 Å². The van der Waals surface area contributed by atoms with E-state index in [1.807, 2.05) is 13.8 Å². The van der Waals surface area contributed by atoms with Gasteiger partial charge in [0.2, 0.25) is 0 Å². The first-order valence-electron chi connectivity index (χ1n) is 5.54. The first kappa shape index (κ1) is 11.3. The molecule has 0 spiro atoms. The van der Waals surface area contributed by atoms with Gasteiger partial charge in [-0.3, -0.25) is 0 Å². The minimum atomic E-state index is -0.116. The highest BCUT2D eigenvalue weighted by molar-refractivity contribution is 5.89. The summed E-state index contributed by atoms with van der Waals surface area (Å²) in [5.74, 6) is -0.116. The Balaban J connectivity index is 2.55. The van der Waals surface area contributed by atoms with Crippen molar-refractivity contribution in [3.05, 3.63) is 11.1 Å². The highest BCUT2D eigenvalue weighted by atomic mass is 16.5. The maximum Gasteiger partial charge on any atom is 0.333 e. The van der Waals surface area contributed by atoms with Gasteiger partial charge in [0.05, 0.1) is 0 Å². The summed E-state index contributed by atoms with van der Waals surface area (Å²) in [6, 6.07) is 0. The molecule has 1 rings (SSSR count). The van der Waals surface area contributed by atoms with Crippen LogP contribution in [0.2, 0.25) is 0 Å². The van der Waals surface area contributed by atoms with E-state index in [0.717, 1.165) is 18.4 Å². The van der Waals surface area contributed by atoms with Crippen LogP contribution < -0.4 is 0 Å². The Labute approximate surface area is 86.3 Å². The standard InChI is InChI=1S/C12H20O2/c1-4-5-6-7-11-8-9(2)14-12(13)10(11)3/h9H,4-8H2,1-3H3. The van der Waals surface area contributed by atoms with Crippen LogP contribution in [-0.2, 0) is 9.53 Å². The van der Waals surface area contributed by atoms with Crippen LogP contribution in [0, 0.1) is 0 Å². The molecule has 80 valence electrons. The van der Waals surface area contributed by atoms with E-state index >= 15 is 0 Å². The molecule has 1 atom stereocenters. The smallest absolute Gasteiger partial charge is 0.333 e. The van der Waals surface area contributed by atoms with Gasteiger partial charge in [-0.15, -0.1) is 0 Å². The number of ether oxygens (including phenoxy) is 1.